The molecule has 2 fully saturated rings. The van der Waals surface area contributed by atoms with Crippen molar-refractivity contribution < 1.29 is 32.3 Å². The van der Waals surface area contributed by atoms with E-state index in [1.165, 1.54) is 0 Å². The molecule has 8 nitrogen and oxygen atoms in total. The van der Waals surface area contributed by atoms with Crippen LogP contribution in [0.3, 0.4) is 0 Å². The van der Waals surface area contributed by atoms with Crippen molar-refractivity contribution in [2.24, 2.45) is 0 Å². The summed E-state index contributed by atoms with van der Waals surface area (Å²) in [6.07, 6.45) is -3.42. The van der Waals surface area contributed by atoms with Crippen LogP contribution in [-0.4, -0.2) is 78.0 Å². The topological polar surface area (TPSA) is 91.0 Å². The lowest BCUT2D eigenvalue weighted by molar-refractivity contribution is -0.186. The van der Waals surface area contributed by atoms with Crippen LogP contribution in [0.1, 0.15) is 43.2 Å². The minimum atomic E-state index is -5.04. The van der Waals surface area contributed by atoms with E-state index in [9.17, 15) is 27.6 Å². The molecular weight excluding hydrogens is 597 g/mol. The SMILES string of the molecule is CN[C@@H](C)C(=O)N[C@]1(C(=O)N2CCC[C@H]2CN(CCc2ccccc2)C(=O)C(F)(F)F)C[C@H]1c1ccc(Oc2ccccc2)cc1. The van der Waals surface area contributed by atoms with Crippen molar-refractivity contribution in [1.82, 2.24) is 20.4 Å². The lowest BCUT2D eigenvalue weighted by Crippen LogP contribution is -2.57. The number of carbonyl (C=O) groups is 3. The van der Waals surface area contributed by atoms with E-state index < -0.39 is 29.7 Å². The number of ether oxygens (including phenoxy) is 1. The Morgan fingerprint density at radius 1 is 0.978 bits per heavy atom. The summed E-state index contributed by atoms with van der Waals surface area (Å²) in [4.78, 5) is 42.4. The molecule has 1 saturated heterocycles. The van der Waals surface area contributed by atoms with Crippen molar-refractivity contribution in [3.63, 3.8) is 0 Å². The molecule has 0 unspecified atom stereocenters. The zero-order valence-electron chi connectivity index (χ0n) is 25.9. The molecule has 5 rings (SSSR count). The van der Waals surface area contributed by atoms with Crippen molar-refractivity contribution in [1.29, 1.82) is 0 Å². The number of benzene rings is 3. The smallest absolute Gasteiger partial charge is 0.457 e. The fourth-order valence-corrected chi connectivity index (χ4v) is 6.11. The van der Waals surface area contributed by atoms with Crippen LogP contribution in [0.15, 0.2) is 84.9 Å². The van der Waals surface area contributed by atoms with Crippen LogP contribution in [0, 0.1) is 0 Å². The van der Waals surface area contributed by atoms with Gasteiger partial charge >= 0.3 is 12.1 Å². The van der Waals surface area contributed by atoms with Crippen molar-refractivity contribution in [3.8, 4) is 11.5 Å². The predicted octanol–water partition coefficient (Wildman–Crippen LogP) is 5.05. The van der Waals surface area contributed by atoms with Gasteiger partial charge in [-0.15, -0.1) is 0 Å². The number of likely N-dealkylation sites (tertiary alicyclic amines) is 1. The van der Waals surface area contributed by atoms with Gasteiger partial charge in [-0.25, -0.2) is 0 Å². The van der Waals surface area contributed by atoms with E-state index in [1.54, 1.807) is 55.3 Å². The first-order valence-corrected chi connectivity index (χ1v) is 15.5. The minimum absolute atomic E-state index is 0.136. The van der Waals surface area contributed by atoms with Gasteiger partial charge in [-0.2, -0.15) is 13.2 Å². The van der Waals surface area contributed by atoms with Crippen LogP contribution >= 0.6 is 0 Å². The highest BCUT2D eigenvalue weighted by Gasteiger charge is 2.64. The first-order chi connectivity index (χ1) is 22.0. The molecule has 4 atom stereocenters. The van der Waals surface area contributed by atoms with Gasteiger partial charge in [-0.1, -0.05) is 60.7 Å². The molecule has 11 heteroatoms. The Morgan fingerprint density at radius 2 is 1.61 bits per heavy atom. The molecular formula is C35H39F3N4O4. The second kappa shape index (κ2) is 13.9. The Hall–Kier alpha value is -4.38. The Kier molecular flexibility index (Phi) is 10.0. The summed E-state index contributed by atoms with van der Waals surface area (Å²) in [5, 5.41) is 5.87. The summed E-state index contributed by atoms with van der Waals surface area (Å²) >= 11 is 0. The van der Waals surface area contributed by atoms with Gasteiger partial charge in [0.1, 0.15) is 17.0 Å². The molecule has 244 valence electrons. The number of para-hydroxylation sites is 1. The number of carbonyl (C=O) groups excluding carboxylic acids is 3. The van der Waals surface area contributed by atoms with Crippen molar-refractivity contribution in [2.75, 3.05) is 26.7 Å². The summed E-state index contributed by atoms with van der Waals surface area (Å²) in [6, 6.07) is 24.5. The van der Waals surface area contributed by atoms with Crippen LogP contribution in [0.5, 0.6) is 11.5 Å². The molecule has 2 N–H and O–H groups in total. The third-order valence-electron chi connectivity index (χ3n) is 8.89. The molecule has 1 saturated carbocycles. The van der Waals surface area contributed by atoms with Gasteiger partial charge in [0.25, 0.3) is 0 Å². The second-order valence-corrected chi connectivity index (χ2v) is 12.0. The quantitative estimate of drug-likeness (QED) is 0.291. The van der Waals surface area contributed by atoms with E-state index in [0.29, 0.717) is 37.3 Å². The van der Waals surface area contributed by atoms with Crippen LogP contribution in [0.4, 0.5) is 13.2 Å². The number of alkyl halides is 3. The monoisotopic (exact) mass is 636 g/mol. The van der Waals surface area contributed by atoms with Gasteiger partial charge in [0.15, 0.2) is 0 Å². The van der Waals surface area contributed by atoms with E-state index in [2.05, 4.69) is 10.6 Å². The van der Waals surface area contributed by atoms with E-state index in [4.69, 9.17) is 4.74 Å². The summed E-state index contributed by atoms with van der Waals surface area (Å²) in [7, 11) is 1.65. The second-order valence-electron chi connectivity index (χ2n) is 12.0. The lowest BCUT2D eigenvalue weighted by atomic mass is 10.0. The molecule has 0 aromatic heterocycles. The highest BCUT2D eigenvalue weighted by molar-refractivity contribution is 5.97. The van der Waals surface area contributed by atoms with Crippen molar-refractivity contribution >= 4 is 17.7 Å². The average Bonchev–Trinajstić information content (AvgIpc) is 3.60. The predicted molar refractivity (Wildman–Crippen MR) is 167 cm³/mol. The number of nitrogens with zero attached hydrogens (tertiary/aromatic N) is 2. The number of likely N-dealkylation sites (N-methyl/N-ethyl adjacent to an activating group) is 1. The number of nitrogens with one attached hydrogen (secondary N) is 2. The van der Waals surface area contributed by atoms with Crippen molar-refractivity contribution in [2.45, 2.75) is 62.3 Å². The molecule has 1 aliphatic carbocycles. The Balaban J connectivity index is 1.35. The standard InChI is InChI=1S/C35H39F3N4O4/c1-24(39-2)31(43)40-34(22-30(34)26-15-17-29(18-16-26)46-28-13-7-4-8-14-28)32(44)42-20-9-12-27(42)23-41(33(45)35(36,37)38)21-19-25-10-5-3-6-11-25/h3-8,10-11,13-18,24,27,30,39H,9,12,19-23H2,1-2H3,(H,40,43)/t24-,27-,30-,34+/m0/s1. The maximum atomic E-state index is 14.3. The summed E-state index contributed by atoms with van der Waals surface area (Å²) in [5.74, 6) is -1.66. The molecule has 1 aliphatic heterocycles. The first-order valence-electron chi connectivity index (χ1n) is 15.5. The first kappa shape index (κ1) is 33.0. The number of hydrogen-bond acceptors (Lipinski definition) is 5. The van der Waals surface area contributed by atoms with Crippen LogP contribution in [0.25, 0.3) is 0 Å². The highest BCUT2D eigenvalue weighted by atomic mass is 19.4. The van der Waals surface area contributed by atoms with E-state index >= 15 is 0 Å². The Bertz CT molecular complexity index is 1500. The maximum Gasteiger partial charge on any atom is 0.471 e. The lowest BCUT2D eigenvalue weighted by Gasteiger charge is -2.34. The van der Waals surface area contributed by atoms with Crippen molar-refractivity contribution in [3.05, 3.63) is 96.1 Å². The third-order valence-corrected chi connectivity index (χ3v) is 8.89. The van der Waals surface area contributed by atoms with Gasteiger partial charge in [0.2, 0.25) is 11.8 Å². The average molecular weight is 637 g/mol. The van der Waals surface area contributed by atoms with E-state index in [0.717, 1.165) is 16.0 Å². The Morgan fingerprint density at radius 3 is 2.24 bits per heavy atom. The highest BCUT2D eigenvalue weighted by Crippen LogP contribution is 2.53. The van der Waals surface area contributed by atoms with E-state index in [-0.39, 0.29) is 37.2 Å². The molecule has 3 aromatic carbocycles. The van der Waals surface area contributed by atoms with Gasteiger partial charge in [-0.3, -0.25) is 14.4 Å². The maximum absolute atomic E-state index is 14.3. The molecule has 3 amide bonds. The van der Waals surface area contributed by atoms with Gasteiger partial charge in [0, 0.05) is 31.6 Å². The van der Waals surface area contributed by atoms with Crippen LogP contribution in [0.2, 0.25) is 0 Å². The molecule has 46 heavy (non-hydrogen) atoms. The van der Waals surface area contributed by atoms with Gasteiger partial charge in [0.05, 0.1) is 6.04 Å². The molecule has 0 spiro atoms. The number of rotatable bonds is 12. The zero-order chi connectivity index (χ0) is 32.9. The van der Waals surface area contributed by atoms with Gasteiger partial charge < -0.3 is 25.2 Å². The third kappa shape index (κ3) is 7.52. The van der Waals surface area contributed by atoms with Gasteiger partial charge in [-0.05, 0) is 75.0 Å². The zero-order valence-corrected chi connectivity index (χ0v) is 25.9. The fraction of sp³-hybridized carbons (Fsp3) is 0.400. The molecule has 0 bridgehead atoms. The number of halogens is 3. The molecule has 1 heterocycles. The molecule has 2 aliphatic rings. The minimum Gasteiger partial charge on any atom is -0.457 e. The summed E-state index contributed by atoms with van der Waals surface area (Å²) in [5.41, 5.74) is 0.386. The summed E-state index contributed by atoms with van der Waals surface area (Å²) in [6.45, 7) is 1.63. The molecule has 0 radical (unpaired) electrons. The Labute approximate surface area is 266 Å². The van der Waals surface area contributed by atoms with Crippen LogP contribution < -0.4 is 15.4 Å². The number of hydrogen-bond donors (Lipinski definition) is 2. The molecule has 3 aromatic rings. The normalized spacial score (nSPS) is 21.4. The largest absolute Gasteiger partial charge is 0.471 e. The summed E-state index contributed by atoms with van der Waals surface area (Å²) < 4.78 is 46.9. The van der Waals surface area contributed by atoms with E-state index in [1.807, 2.05) is 48.5 Å². The fourth-order valence-electron chi connectivity index (χ4n) is 6.11. The van der Waals surface area contributed by atoms with Crippen LogP contribution in [-0.2, 0) is 20.8 Å². The number of amides is 3.